The van der Waals surface area contributed by atoms with E-state index in [1.165, 1.54) is 0 Å². The van der Waals surface area contributed by atoms with E-state index in [0.29, 0.717) is 33.5 Å². The fraction of sp³-hybridized carbons (Fsp3) is 0.278. The monoisotopic (exact) mass is 375 g/mol. The van der Waals surface area contributed by atoms with Crippen LogP contribution in [0.3, 0.4) is 0 Å². The number of para-hydroxylation sites is 1. The summed E-state index contributed by atoms with van der Waals surface area (Å²) in [6.07, 6.45) is -4.35. The third-order valence-corrected chi connectivity index (χ3v) is 4.49. The molecule has 27 heavy (non-hydrogen) atoms. The lowest BCUT2D eigenvalue weighted by Crippen LogP contribution is -2.22. The molecule has 2 aromatic heterocycles. The number of amides is 1. The highest BCUT2D eigenvalue weighted by Gasteiger charge is 2.29. The van der Waals surface area contributed by atoms with Crippen LogP contribution in [-0.2, 0) is 0 Å². The van der Waals surface area contributed by atoms with Gasteiger partial charge in [0.2, 0.25) is 0 Å². The number of alkyl halides is 3. The van der Waals surface area contributed by atoms with Gasteiger partial charge in [0.25, 0.3) is 5.91 Å². The van der Waals surface area contributed by atoms with Crippen molar-refractivity contribution in [3.8, 4) is 11.3 Å². The van der Waals surface area contributed by atoms with Gasteiger partial charge in [0, 0.05) is 11.3 Å². The summed E-state index contributed by atoms with van der Waals surface area (Å²) in [7, 11) is 0. The standard InChI is InChI=1S/C18H16F3N5O/c1-8-14-11(17(27)24-8)6-13(25-14)10-4-3-5-12-15(10)26-16(9(2)23-12)22-7-18(19,20)21/h3-6,8,25H,7H2,1-2H3,(H,22,26)(H,24,27)/t8-/m1/s1. The highest BCUT2D eigenvalue weighted by Crippen LogP contribution is 2.33. The number of benzene rings is 1. The van der Waals surface area contributed by atoms with Crippen LogP contribution in [0.1, 0.15) is 34.7 Å². The number of fused-ring (bicyclic) bond motifs is 2. The van der Waals surface area contributed by atoms with E-state index in [0.717, 1.165) is 5.69 Å². The smallest absolute Gasteiger partial charge is 0.360 e. The number of H-pyrrole nitrogens is 1. The van der Waals surface area contributed by atoms with Crippen LogP contribution in [-0.4, -0.2) is 33.6 Å². The maximum absolute atomic E-state index is 12.5. The predicted molar refractivity (Wildman–Crippen MR) is 94.5 cm³/mol. The van der Waals surface area contributed by atoms with Crippen LogP contribution < -0.4 is 10.6 Å². The number of nitrogens with one attached hydrogen (secondary N) is 3. The first-order valence-corrected chi connectivity index (χ1v) is 8.35. The van der Waals surface area contributed by atoms with Crippen LogP contribution in [0.15, 0.2) is 24.3 Å². The molecule has 1 amide bonds. The number of rotatable bonds is 3. The molecule has 0 radical (unpaired) electrons. The Kier molecular flexibility index (Phi) is 3.83. The molecule has 0 spiro atoms. The molecular formula is C18H16F3N5O. The van der Waals surface area contributed by atoms with E-state index in [1.807, 2.05) is 6.92 Å². The van der Waals surface area contributed by atoms with Crippen LogP contribution in [0.2, 0.25) is 0 Å². The van der Waals surface area contributed by atoms with Crippen molar-refractivity contribution >= 4 is 22.8 Å². The second-order valence-electron chi connectivity index (χ2n) is 6.51. The van der Waals surface area contributed by atoms with Gasteiger partial charge < -0.3 is 15.6 Å². The largest absolute Gasteiger partial charge is 0.405 e. The Balaban J connectivity index is 1.81. The van der Waals surface area contributed by atoms with E-state index in [-0.39, 0.29) is 17.8 Å². The van der Waals surface area contributed by atoms with Crippen LogP contribution >= 0.6 is 0 Å². The first kappa shape index (κ1) is 17.3. The molecule has 1 atom stereocenters. The van der Waals surface area contributed by atoms with Gasteiger partial charge in [-0.25, -0.2) is 9.97 Å². The Morgan fingerprint density at radius 2 is 2.00 bits per heavy atom. The molecular weight excluding hydrogens is 359 g/mol. The fourth-order valence-electron chi connectivity index (χ4n) is 3.23. The lowest BCUT2D eigenvalue weighted by atomic mass is 10.1. The predicted octanol–water partition coefficient (Wildman–Crippen LogP) is 3.71. The van der Waals surface area contributed by atoms with Gasteiger partial charge in [0.1, 0.15) is 17.9 Å². The number of aromatic nitrogens is 3. The second-order valence-corrected chi connectivity index (χ2v) is 6.51. The molecule has 140 valence electrons. The van der Waals surface area contributed by atoms with E-state index in [4.69, 9.17) is 0 Å². The SMILES string of the molecule is Cc1nc2cccc(-c3cc4c([nH]3)[C@@H](C)NC4=O)c2nc1NCC(F)(F)F. The Bertz CT molecular complexity index is 1060. The van der Waals surface area contributed by atoms with Crippen molar-refractivity contribution in [2.45, 2.75) is 26.1 Å². The molecule has 0 saturated carbocycles. The lowest BCUT2D eigenvalue weighted by molar-refractivity contribution is -0.115. The maximum atomic E-state index is 12.5. The molecule has 1 aliphatic rings. The number of hydrogen-bond acceptors (Lipinski definition) is 4. The van der Waals surface area contributed by atoms with Crippen molar-refractivity contribution in [3.63, 3.8) is 0 Å². The molecule has 1 aromatic carbocycles. The summed E-state index contributed by atoms with van der Waals surface area (Å²) in [5, 5.41) is 5.11. The number of nitrogens with zero attached hydrogens (tertiary/aromatic N) is 2. The first-order chi connectivity index (χ1) is 12.7. The number of carbonyl (C=O) groups excluding carboxylic acids is 1. The van der Waals surface area contributed by atoms with Gasteiger partial charge in [0.05, 0.1) is 28.5 Å². The quantitative estimate of drug-likeness (QED) is 0.652. The number of anilines is 1. The van der Waals surface area contributed by atoms with Crippen LogP contribution in [0.5, 0.6) is 0 Å². The summed E-state index contributed by atoms with van der Waals surface area (Å²) in [4.78, 5) is 24.0. The Morgan fingerprint density at radius 1 is 1.22 bits per heavy atom. The van der Waals surface area contributed by atoms with Gasteiger partial charge in [-0.3, -0.25) is 4.79 Å². The topological polar surface area (TPSA) is 82.7 Å². The van der Waals surface area contributed by atoms with Gasteiger partial charge in [-0.15, -0.1) is 0 Å². The molecule has 6 nitrogen and oxygen atoms in total. The van der Waals surface area contributed by atoms with E-state index in [2.05, 4.69) is 25.6 Å². The minimum atomic E-state index is -4.35. The zero-order valence-electron chi connectivity index (χ0n) is 14.5. The van der Waals surface area contributed by atoms with Gasteiger partial charge in [-0.1, -0.05) is 12.1 Å². The van der Waals surface area contributed by atoms with Crippen LogP contribution in [0.25, 0.3) is 22.3 Å². The summed E-state index contributed by atoms with van der Waals surface area (Å²) >= 11 is 0. The number of aryl methyl sites for hydroxylation is 1. The summed E-state index contributed by atoms with van der Waals surface area (Å²) in [6.45, 7) is 2.28. The van der Waals surface area contributed by atoms with Crippen molar-refractivity contribution in [2.24, 2.45) is 0 Å². The summed E-state index contributed by atoms with van der Waals surface area (Å²) in [5.41, 5.74) is 4.09. The van der Waals surface area contributed by atoms with Crippen molar-refractivity contribution in [1.29, 1.82) is 0 Å². The molecule has 0 aliphatic carbocycles. The Hall–Kier alpha value is -3.10. The normalized spacial score (nSPS) is 16.5. The molecule has 3 aromatic rings. The van der Waals surface area contributed by atoms with Crippen molar-refractivity contribution < 1.29 is 18.0 Å². The number of halogens is 3. The van der Waals surface area contributed by atoms with E-state index in [1.54, 1.807) is 31.2 Å². The van der Waals surface area contributed by atoms with Gasteiger partial charge >= 0.3 is 6.18 Å². The number of aromatic amines is 1. The molecule has 9 heteroatoms. The zero-order valence-corrected chi connectivity index (χ0v) is 14.5. The van der Waals surface area contributed by atoms with Gasteiger partial charge in [-0.05, 0) is 26.0 Å². The maximum Gasteiger partial charge on any atom is 0.405 e. The second kappa shape index (κ2) is 5.97. The minimum absolute atomic E-state index is 0.0810. The van der Waals surface area contributed by atoms with Crippen molar-refractivity contribution in [1.82, 2.24) is 20.3 Å². The third kappa shape index (κ3) is 3.09. The number of hydrogen-bond donors (Lipinski definition) is 3. The number of carbonyl (C=O) groups is 1. The highest BCUT2D eigenvalue weighted by atomic mass is 19.4. The van der Waals surface area contributed by atoms with Crippen LogP contribution in [0.4, 0.5) is 19.0 Å². The molecule has 0 saturated heterocycles. The van der Waals surface area contributed by atoms with E-state index >= 15 is 0 Å². The summed E-state index contributed by atoms with van der Waals surface area (Å²) < 4.78 is 37.6. The van der Waals surface area contributed by atoms with Crippen molar-refractivity contribution in [3.05, 3.63) is 41.2 Å². The third-order valence-electron chi connectivity index (χ3n) is 4.49. The summed E-state index contributed by atoms with van der Waals surface area (Å²) in [6, 6.07) is 6.94. The Morgan fingerprint density at radius 3 is 2.70 bits per heavy atom. The van der Waals surface area contributed by atoms with Crippen molar-refractivity contribution in [2.75, 3.05) is 11.9 Å². The molecule has 4 rings (SSSR count). The van der Waals surface area contributed by atoms with E-state index in [9.17, 15) is 18.0 Å². The molecule has 3 heterocycles. The fourth-order valence-corrected chi connectivity index (χ4v) is 3.23. The molecule has 0 fully saturated rings. The summed E-state index contributed by atoms with van der Waals surface area (Å²) in [5.74, 6) is -0.0767. The average Bonchev–Trinajstić information content (AvgIpc) is 3.13. The van der Waals surface area contributed by atoms with Gasteiger partial charge in [0.15, 0.2) is 0 Å². The average molecular weight is 375 g/mol. The molecule has 0 bridgehead atoms. The van der Waals surface area contributed by atoms with Crippen LogP contribution in [0, 0.1) is 6.92 Å². The zero-order chi connectivity index (χ0) is 19.3. The minimum Gasteiger partial charge on any atom is -0.360 e. The molecule has 3 N–H and O–H groups in total. The van der Waals surface area contributed by atoms with E-state index < -0.39 is 12.7 Å². The Labute approximate surface area is 152 Å². The lowest BCUT2D eigenvalue weighted by Gasteiger charge is -2.13. The highest BCUT2D eigenvalue weighted by molar-refractivity contribution is 6.01. The molecule has 1 aliphatic heterocycles. The van der Waals surface area contributed by atoms with Gasteiger partial charge in [-0.2, -0.15) is 13.2 Å². The molecule has 0 unspecified atom stereocenters. The first-order valence-electron chi connectivity index (χ1n) is 8.35.